The first-order valence-corrected chi connectivity index (χ1v) is 19.1. The predicted molar refractivity (Wildman–Crippen MR) is 220 cm³/mol. The number of hydrogen-bond donors (Lipinski definition) is 3. The van der Waals surface area contributed by atoms with Gasteiger partial charge in [0.1, 0.15) is 28.4 Å². The Labute approximate surface area is 328 Å². The highest BCUT2D eigenvalue weighted by molar-refractivity contribution is 5.70. The smallest absolute Gasteiger partial charge is 0.333 e. The standard InChI is InChI=1S/C46H42FN7O3/c1-2-3-27-53-42-41(44(56)54(45(53)57)29-33-15-13-14-22-38(33)47)50-40(51-42)28-32-23-25-37(26-24-32)49-43(55)39-30-52(31-48-39)46(34-16-7-4-8-17-34,35-18-9-5-10-19-35)36-20-11-6-12-21-36/h4-26,30-31,43,49,55H,2-3,27-29H2,1H3,(H,50,51). The molecule has 0 amide bonds. The number of halogens is 1. The van der Waals surface area contributed by atoms with Crippen molar-refractivity contribution in [1.82, 2.24) is 28.7 Å². The van der Waals surface area contributed by atoms with E-state index in [9.17, 15) is 19.1 Å². The van der Waals surface area contributed by atoms with Crippen molar-refractivity contribution in [3.63, 3.8) is 0 Å². The molecule has 5 aromatic carbocycles. The number of rotatable bonds is 14. The molecular weight excluding hydrogens is 718 g/mol. The van der Waals surface area contributed by atoms with Crippen LogP contribution in [0.25, 0.3) is 11.2 Å². The van der Waals surface area contributed by atoms with Crippen molar-refractivity contribution < 1.29 is 9.50 Å². The Kier molecular flexibility index (Phi) is 10.5. The molecule has 0 radical (unpaired) electrons. The highest BCUT2D eigenvalue weighted by atomic mass is 19.1. The normalized spacial score (nSPS) is 12.2. The highest BCUT2D eigenvalue weighted by Gasteiger charge is 2.38. The van der Waals surface area contributed by atoms with Crippen LogP contribution in [0, 0.1) is 5.82 Å². The molecule has 3 heterocycles. The molecule has 0 aliphatic rings. The number of unbranched alkanes of at least 4 members (excludes halogenated alkanes) is 1. The first-order chi connectivity index (χ1) is 27.9. The van der Waals surface area contributed by atoms with Gasteiger partial charge in [-0.05, 0) is 46.9 Å². The Morgan fingerprint density at radius 1 is 0.789 bits per heavy atom. The van der Waals surface area contributed by atoms with Gasteiger partial charge in [-0.2, -0.15) is 0 Å². The summed E-state index contributed by atoms with van der Waals surface area (Å²) >= 11 is 0. The molecule has 0 aliphatic heterocycles. The highest BCUT2D eigenvalue weighted by Crippen LogP contribution is 2.41. The zero-order chi connectivity index (χ0) is 39.4. The molecule has 1 atom stereocenters. The maximum absolute atomic E-state index is 14.5. The summed E-state index contributed by atoms with van der Waals surface area (Å²) < 4.78 is 19.2. The molecule has 0 saturated carbocycles. The molecule has 10 nitrogen and oxygen atoms in total. The quantitative estimate of drug-likeness (QED) is 0.0776. The monoisotopic (exact) mass is 759 g/mol. The van der Waals surface area contributed by atoms with Gasteiger partial charge in [0.05, 0.1) is 12.9 Å². The van der Waals surface area contributed by atoms with Gasteiger partial charge in [0.15, 0.2) is 11.9 Å². The SMILES string of the molecule is CCCCn1c(=O)n(Cc2ccccc2F)c(=O)c2[nH]c(Cc3ccc(NC(O)c4cn(C(c5ccccc5)(c5ccccc5)c5ccccc5)cn4)cc3)nc21. The minimum absolute atomic E-state index is 0.185. The van der Waals surface area contributed by atoms with Gasteiger partial charge in [0, 0.05) is 30.4 Å². The van der Waals surface area contributed by atoms with Gasteiger partial charge >= 0.3 is 5.69 Å². The third kappa shape index (κ3) is 7.20. The Morgan fingerprint density at radius 2 is 1.39 bits per heavy atom. The Balaban J connectivity index is 1.05. The number of nitrogens with one attached hydrogen (secondary N) is 2. The van der Waals surface area contributed by atoms with Crippen LogP contribution >= 0.6 is 0 Å². The summed E-state index contributed by atoms with van der Waals surface area (Å²) in [5.41, 5.74) is 4.08. The number of hydrogen-bond acceptors (Lipinski definition) is 6. The molecule has 0 bridgehead atoms. The van der Waals surface area contributed by atoms with Crippen molar-refractivity contribution in [2.24, 2.45) is 0 Å². The van der Waals surface area contributed by atoms with E-state index in [1.54, 1.807) is 24.5 Å². The van der Waals surface area contributed by atoms with Gasteiger partial charge in [0.2, 0.25) is 0 Å². The van der Waals surface area contributed by atoms with Crippen LogP contribution in [0.2, 0.25) is 0 Å². The molecule has 286 valence electrons. The van der Waals surface area contributed by atoms with E-state index in [0.29, 0.717) is 36.6 Å². The van der Waals surface area contributed by atoms with Crippen LogP contribution in [0.4, 0.5) is 10.1 Å². The molecule has 0 aliphatic carbocycles. The Hall–Kier alpha value is -6.85. The van der Waals surface area contributed by atoms with Crippen LogP contribution in [-0.4, -0.2) is 33.8 Å². The van der Waals surface area contributed by atoms with Gasteiger partial charge in [-0.25, -0.2) is 19.2 Å². The first kappa shape index (κ1) is 37.1. The lowest BCUT2D eigenvalue weighted by Crippen LogP contribution is -2.40. The van der Waals surface area contributed by atoms with Gasteiger partial charge < -0.3 is 20.0 Å². The van der Waals surface area contributed by atoms with E-state index in [1.807, 2.05) is 92.0 Å². The number of anilines is 1. The van der Waals surface area contributed by atoms with E-state index in [1.165, 1.54) is 10.6 Å². The number of H-pyrrole nitrogens is 1. The number of aromatic amines is 1. The molecule has 0 spiro atoms. The molecule has 0 fully saturated rings. The van der Waals surface area contributed by atoms with Crippen molar-refractivity contribution in [2.45, 2.75) is 51.0 Å². The zero-order valence-corrected chi connectivity index (χ0v) is 31.4. The zero-order valence-electron chi connectivity index (χ0n) is 31.4. The molecule has 57 heavy (non-hydrogen) atoms. The number of aliphatic hydroxyl groups excluding tert-OH is 1. The summed E-state index contributed by atoms with van der Waals surface area (Å²) in [6, 6.07) is 44.5. The second kappa shape index (κ2) is 16.1. The van der Waals surface area contributed by atoms with Gasteiger partial charge in [-0.3, -0.25) is 13.9 Å². The summed E-state index contributed by atoms with van der Waals surface area (Å²) in [5.74, 6) is 0.0334. The molecule has 11 heteroatoms. The molecule has 1 unspecified atom stereocenters. The van der Waals surface area contributed by atoms with E-state index in [2.05, 4.69) is 56.3 Å². The van der Waals surface area contributed by atoms with Crippen molar-refractivity contribution in [2.75, 3.05) is 5.32 Å². The predicted octanol–water partition coefficient (Wildman–Crippen LogP) is 7.60. The average Bonchev–Trinajstić information content (AvgIpc) is 3.91. The molecule has 0 saturated heterocycles. The van der Waals surface area contributed by atoms with Crippen LogP contribution < -0.4 is 16.6 Å². The van der Waals surface area contributed by atoms with Gasteiger partial charge in [0.25, 0.3) is 5.56 Å². The number of imidazole rings is 2. The van der Waals surface area contributed by atoms with Crippen LogP contribution in [0.15, 0.2) is 162 Å². The minimum Gasteiger partial charge on any atom is -0.368 e. The van der Waals surface area contributed by atoms with E-state index < -0.39 is 28.8 Å². The third-order valence-electron chi connectivity index (χ3n) is 10.4. The van der Waals surface area contributed by atoms with E-state index in [4.69, 9.17) is 4.98 Å². The summed E-state index contributed by atoms with van der Waals surface area (Å²) in [6.45, 7) is 2.21. The fourth-order valence-electron chi connectivity index (χ4n) is 7.54. The maximum Gasteiger partial charge on any atom is 0.333 e. The number of nitrogens with zero attached hydrogens (tertiary/aromatic N) is 5. The molecule has 3 N–H and O–H groups in total. The number of aromatic nitrogens is 6. The van der Waals surface area contributed by atoms with E-state index in [-0.39, 0.29) is 23.3 Å². The Bertz CT molecular complexity index is 2630. The van der Waals surface area contributed by atoms with Gasteiger partial charge in [-0.1, -0.05) is 135 Å². The lowest BCUT2D eigenvalue weighted by Gasteiger charge is -2.37. The third-order valence-corrected chi connectivity index (χ3v) is 10.4. The minimum atomic E-state index is -1.11. The van der Waals surface area contributed by atoms with Crippen LogP contribution in [-0.2, 0) is 25.0 Å². The van der Waals surface area contributed by atoms with E-state index >= 15 is 0 Å². The summed E-state index contributed by atoms with van der Waals surface area (Å²) in [6.07, 6.45) is 4.44. The fraction of sp³-hybridized carbons (Fsp3) is 0.174. The van der Waals surface area contributed by atoms with Crippen molar-refractivity contribution in [3.8, 4) is 0 Å². The lowest BCUT2D eigenvalue weighted by atomic mass is 9.77. The molecule has 8 aromatic rings. The maximum atomic E-state index is 14.5. The lowest BCUT2D eigenvalue weighted by molar-refractivity contribution is 0.203. The Morgan fingerprint density at radius 3 is 1.98 bits per heavy atom. The van der Waals surface area contributed by atoms with Gasteiger partial charge in [-0.15, -0.1) is 0 Å². The first-order valence-electron chi connectivity index (χ1n) is 19.1. The number of benzene rings is 5. The molecule has 3 aromatic heterocycles. The largest absolute Gasteiger partial charge is 0.368 e. The topological polar surface area (TPSA) is 123 Å². The average molecular weight is 760 g/mol. The molecular formula is C46H42FN7O3. The number of aryl methyl sites for hydroxylation is 1. The summed E-state index contributed by atoms with van der Waals surface area (Å²) in [5, 5.41) is 14.6. The summed E-state index contributed by atoms with van der Waals surface area (Å²) in [7, 11) is 0. The second-order valence-corrected chi connectivity index (χ2v) is 14.1. The number of aliphatic hydroxyl groups is 1. The van der Waals surface area contributed by atoms with Crippen molar-refractivity contribution in [3.05, 3.63) is 218 Å². The van der Waals surface area contributed by atoms with Crippen LogP contribution in [0.3, 0.4) is 0 Å². The number of fused-ring (bicyclic) bond motifs is 1. The van der Waals surface area contributed by atoms with Crippen molar-refractivity contribution >= 4 is 16.9 Å². The van der Waals surface area contributed by atoms with Crippen LogP contribution in [0.1, 0.15) is 65.3 Å². The second-order valence-electron chi connectivity index (χ2n) is 14.1. The van der Waals surface area contributed by atoms with E-state index in [0.717, 1.165) is 33.2 Å². The fourth-order valence-corrected chi connectivity index (χ4v) is 7.54. The van der Waals surface area contributed by atoms with Crippen LogP contribution in [0.5, 0.6) is 0 Å². The summed E-state index contributed by atoms with van der Waals surface area (Å²) in [4.78, 5) is 39.7. The molecule has 8 rings (SSSR count). The van der Waals surface area contributed by atoms with Crippen molar-refractivity contribution in [1.29, 1.82) is 0 Å².